The lowest BCUT2D eigenvalue weighted by atomic mass is 9.90. The van der Waals surface area contributed by atoms with E-state index in [1.54, 1.807) is 18.6 Å². The third-order valence-electron chi connectivity index (χ3n) is 5.18. The van der Waals surface area contributed by atoms with Gasteiger partial charge in [0.15, 0.2) is 0 Å². The van der Waals surface area contributed by atoms with E-state index in [0.717, 1.165) is 44.6 Å². The van der Waals surface area contributed by atoms with Gasteiger partial charge in [-0.15, -0.1) is 0 Å². The van der Waals surface area contributed by atoms with Crippen LogP contribution < -0.4 is 4.90 Å². The Kier molecular flexibility index (Phi) is 4.37. The second-order valence-corrected chi connectivity index (χ2v) is 6.88. The molecule has 130 valence electrons. The first-order chi connectivity index (χ1) is 11.8. The fraction of sp³-hybridized carbons (Fsp3) is 0.706. The maximum Gasteiger partial charge on any atom is 0.251 e. The zero-order valence-corrected chi connectivity index (χ0v) is 13.9. The van der Waals surface area contributed by atoms with E-state index >= 15 is 0 Å². The molecule has 3 fully saturated rings. The SMILES string of the molecule is O=C([C@@H]1CCCO1)N1CCOC2(CCCN(c3cnccn3)C2)C1. The van der Waals surface area contributed by atoms with E-state index in [1.165, 1.54) is 0 Å². The Bertz CT molecular complexity index is 574. The number of piperidine rings is 1. The summed E-state index contributed by atoms with van der Waals surface area (Å²) in [7, 11) is 0. The van der Waals surface area contributed by atoms with Gasteiger partial charge in [-0.3, -0.25) is 9.78 Å². The van der Waals surface area contributed by atoms with Gasteiger partial charge in [0.05, 0.1) is 25.9 Å². The topological polar surface area (TPSA) is 67.8 Å². The lowest BCUT2D eigenvalue weighted by Gasteiger charge is -2.48. The first kappa shape index (κ1) is 15.8. The first-order valence-electron chi connectivity index (χ1n) is 8.81. The minimum Gasteiger partial charge on any atom is -0.369 e. The van der Waals surface area contributed by atoms with Crippen molar-refractivity contribution in [2.45, 2.75) is 37.4 Å². The Labute approximate surface area is 142 Å². The number of amides is 1. The van der Waals surface area contributed by atoms with Crippen molar-refractivity contribution in [2.75, 3.05) is 44.3 Å². The van der Waals surface area contributed by atoms with Crippen molar-refractivity contribution in [3.63, 3.8) is 0 Å². The van der Waals surface area contributed by atoms with Gasteiger partial charge in [-0.25, -0.2) is 4.98 Å². The predicted molar refractivity (Wildman–Crippen MR) is 87.7 cm³/mol. The molecule has 0 radical (unpaired) electrons. The van der Waals surface area contributed by atoms with Crippen LogP contribution in [0.2, 0.25) is 0 Å². The molecule has 3 aliphatic rings. The molecule has 7 heteroatoms. The molecule has 0 saturated carbocycles. The average Bonchev–Trinajstić information content (AvgIpc) is 3.17. The van der Waals surface area contributed by atoms with E-state index in [9.17, 15) is 4.79 Å². The van der Waals surface area contributed by atoms with Gasteiger partial charge in [-0.2, -0.15) is 0 Å². The van der Waals surface area contributed by atoms with E-state index in [2.05, 4.69) is 14.9 Å². The standard InChI is InChI=1S/C17H24N4O3/c22-16(14-3-1-9-23-14)21-8-10-24-17(13-21)4-2-7-20(12-17)15-11-18-5-6-19-15/h5-6,11,14H,1-4,7-10,12-13H2/t14-,17?/m0/s1. The van der Waals surface area contributed by atoms with Gasteiger partial charge in [0, 0.05) is 32.1 Å². The Morgan fingerprint density at radius 1 is 1.21 bits per heavy atom. The van der Waals surface area contributed by atoms with Crippen molar-refractivity contribution >= 4 is 11.7 Å². The lowest BCUT2D eigenvalue weighted by molar-refractivity contribution is -0.160. The fourth-order valence-corrected chi connectivity index (χ4v) is 4.00. The summed E-state index contributed by atoms with van der Waals surface area (Å²) in [5.74, 6) is 1.01. The molecule has 1 spiro atoms. The van der Waals surface area contributed by atoms with Gasteiger partial charge in [0.1, 0.15) is 17.5 Å². The first-order valence-corrected chi connectivity index (χ1v) is 8.81. The van der Waals surface area contributed by atoms with Crippen molar-refractivity contribution in [2.24, 2.45) is 0 Å². The minimum atomic E-state index is -0.303. The van der Waals surface area contributed by atoms with Gasteiger partial charge in [0.2, 0.25) is 0 Å². The highest BCUT2D eigenvalue weighted by molar-refractivity contribution is 5.81. The smallest absolute Gasteiger partial charge is 0.251 e. The average molecular weight is 332 g/mol. The minimum absolute atomic E-state index is 0.131. The van der Waals surface area contributed by atoms with Crippen LogP contribution in [0.1, 0.15) is 25.7 Å². The highest BCUT2D eigenvalue weighted by Gasteiger charge is 2.43. The monoisotopic (exact) mass is 332 g/mol. The normalized spacial score (nSPS) is 30.8. The number of aromatic nitrogens is 2. The second kappa shape index (κ2) is 6.64. The van der Waals surface area contributed by atoms with Crippen LogP contribution in [-0.2, 0) is 14.3 Å². The van der Waals surface area contributed by atoms with E-state index in [1.807, 2.05) is 4.90 Å². The van der Waals surface area contributed by atoms with Crippen LogP contribution in [0, 0.1) is 0 Å². The van der Waals surface area contributed by atoms with Crippen LogP contribution in [0.3, 0.4) is 0 Å². The van der Waals surface area contributed by atoms with Gasteiger partial charge in [0.25, 0.3) is 5.91 Å². The number of anilines is 1. The number of hydrogen-bond donors (Lipinski definition) is 0. The Balaban J connectivity index is 1.46. The molecular weight excluding hydrogens is 308 g/mol. The third-order valence-corrected chi connectivity index (χ3v) is 5.18. The zero-order valence-electron chi connectivity index (χ0n) is 13.9. The van der Waals surface area contributed by atoms with Crippen molar-refractivity contribution in [3.05, 3.63) is 18.6 Å². The molecule has 1 aromatic rings. The zero-order chi connectivity index (χ0) is 16.4. The highest BCUT2D eigenvalue weighted by Crippen LogP contribution is 2.31. The van der Waals surface area contributed by atoms with Crippen LogP contribution >= 0.6 is 0 Å². The number of carbonyl (C=O) groups excluding carboxylic acids is 1. The van der Waals surface area contributed by atoms with Gasteiger partial charge < -0.3 is 19.3 Å². The molecule has 4 rings (SSSR count). The molecule has 3 saturated heterocycles. The van der Waals surface area contributed by atoms with Crippen LogP contribution in [0.25, 0.3) is 0 Å². The summed E-state index contributed by atoms with van der Waals surface area (Å²) in [6, 6.07) is 0. The molecule has 0 bridgehead atoms. The van der Waals surface area contributed by atoms with Crippen molar-refractivity contribution in [1.29, 1.82) is 0 Å². The molecule has 0 N–H and O–H groups in total. The Morgan fingerprint density at radius 3 is 2.96 bits per heavy atom. The molecule has 1 amide bonds. The van der Waals surface area contributed by atoms with Crippen molar-refractivity contribution in [1.82, 2.24) is 14.9 Å². The van der Waals surface area contributed by atoms with E-state index in [4.69, 9.17) is 9.47 Å². The van der Waals surface area contributed by atoms with Crippen molar-refractivity contribution < 1.29 is 14.3 Å². The second-order valence-electron chi connectivity index (χ2n) is 6.88. The van der Waals surface area contributed by atoms with E-state index < -0.39 is 0 Å². The predicted octanol–water partition coefficient (Wildman–Crippen LogP) is 0.853. The molecular formula is C17H24N4O3. The highest BCUT2D eigenvalue weighted by atomic mass is 16.5. The summed E-state index contributed by atoms with van der Waals surface area (Å²) in [5, 5.41) is 0. The van der Waals surface area contributed by atoms with Gasteiger partial charge in [-0.05, 0) is 25.7 Å². The summed E-state index contributed by atoms with van der Waals surface area (Å²) in [6.45, 7) is 4.29. The van der Waals surface area contributed by atoms with Crippen LogP contribution in [0.5, 0.6) is 0 Å². The molecule has 0 aromatic carbocycles. The molecule has 7 nitrogen and oxygen atoms in total. The number of nitrogens with zero attached hydrogens (tertiary/aromatic N) is 4. The lowest BCUT2D eigenvalue weighted by Crippen LogP contribution is -2.61. The molecule has 1 unspecified atom stereocenters. The number of morpholine rings is 1. The molecule has 3 aliphatic heterocycles. The van der Waals surface area contributed by atoms with Crippen LogP contribution in [-0.4, -0.2) is 71.9 Å². The molecule has 2 atom stereocenters. The van der Waals surface area contributed by atoms with E-state index in [-0.39, 0.29) is 17.6 Å². The van der Waals surface area contributed by atoms with Crippen LogP contribution in [0.15, 0.2) is 18.6 Å². The van der Waals surface area contributed by atoms with Crippen molar-refractivity contribution in [3.8, 4) is 0 Å². The molecule has 24 heavy (non-hydrogen) atoms. The maximum atomic E-state index is 12.7. The summed E-state index contributed by atoms with van der Waals surface area (Å²) in [5.41, 5.74) is -0.303. The van der Waals surface area contributed by atoms with Crippen LogP contribution in [0.4, 0.5) is 5.82 Å². The summed E-state index contributed by atoms with van der Waals surface area (Å²) < 4.78 is 11.8. The Morgan fingerprint density at radius 2 is 2.17 bits per heavy atom. The molecule has 0 aliphatic carbocycles. The third kappa shape index (κ3) is 3.10. The largest absolute Gasteiger partial charge is 0.369 e. The molecule has 1 aromatic heterocycles. The number of carbonyl (C=O) groups is 1. The fourth-order valence-electron chi connectivity index (χ4n) is 4.00. The van der Waals surface area contributed by atoms with Gasteiger partial charge >= 0.3 is 0 Å². The Hall–Kier alpha value is -1.73. The maximum absolute atomic E-state index is 12.7. The summed E-state index contributed by atoms with van der Waals surface area (Å²) in [6.07, 6.45) is 8.75. The summed E-state index contributed by atoms with van der Waals surface area (Å²) >= 11 is 0. The number of rotatable bonds is 2. The summed E-state index contributed by atoms with van der Waals surface area (Å²) in [4.78, 5) is 25.4. The number of hydrogen-bond acceptors (Lipinski definition) is 6. The quantitative estimate of drug-likeness (QED) is 0.800. The number of ether oxygens (including phenoxy) is 2. The molecule has 4 heterocycles. The van der Waals surface area contributed by atoms with E-state index in [0.29, 0.717) is 26.3 Å². The van der Waals surface area contributed by atoms with Gasteiger partial charge in [-0.1, -0.05) is 0 Å².